The third kappa shape index (κ3) is 1.54. The molecule has 0 bridgehead atoms. The van der Waals surface area contributed by atoms with E-state index in [2.05, 4.69) is 13.8 Å². The summed E-state index contributed by atoms with van der Waals surface area (Å²) >= 11 is 0. The van der Waals surface area contributed by atoms with Gasteiger partial charge in [0.2, 0.25) is 0 Å². The molecule has 1 aliphatic carbocycles. The zero-order chi connectivity index (χ0) is 7.07. The third-order valence-corrected chi connectivity index (χ3v) is 2.02. The van der Waals surface area contributed by atoms with Gasteiger partial charge in [-0.2, -0.15) is 0 Å². The number of halogens is 1. The van der Waals surface area contributed by atoms with Crippen molar-refractivity contribution >= 4 is 0 Å². The lowest BCUT2D eigenvalue weighted by Gasteiger charge is -1.95. The van der Waals surface area contributed by atoms with Crippen molar-refractivity contribution in [3.63, 3.8) is 0 Å². The van der Waals surface area contributed by atoms with Gasteiger partial charge in [0, 0.05) is 0 Å². The van der Waals surface area contributed by atoms with Crippen molar-refractivity contribution in [3.05, 3.63) is 11.9 Å². The molecule has 0 aromatic rings. The van der Waals surface area contributed by atoms with Crippen LogP contribution in [0.1, 0.15) is 27.2 Å². The van der Waals surface area contributed by atoms with E-state index in [-0.39, 0.29) is 5.83 Å². The highest BCUT2D eigenvalue weighted by atomic mass is 19.1. The van der Waals surface area contributed by atoms with Gasteiger partial charge in [0.15, 0.2) is 0 Å². The van der Waals surface area contributed by atoms with E-state index in [4.69, 9.17) is 0 Å². The highest BCUT2D eigenvalue weighted by Gasteiger charge is 2.43. The molecular weight excluding hydrogens is 115 g/mol. The molecule has 0 aromatic heterocycles. The fraction of sp³-hybridized carbons (Fsp3) is 0.750. The van der Waals surface area contributed by atoms with Crippen LogP contribution in [0.5, 0.6) is 0 Å². The summed E-state index contributed by atoms with van der Waals surface area (Å²) in [5.74, 6) is 0.466. The van der Waals surface area contributed by atoms with Gasteiger partial charge in [0.05, 0.1) is 5.83 Å². The second kappa shape index (κ2) is 1.83. The van der Waals surface area contributed by atoms with E-state index in [0.29, 0.717) is 11.3 Å². The fourth-order valence-electron chi connectivity index (χ4n) is 1.07. The van der Waals surface area contributed by atoms with Crippen molar-refractivity contribution in [2.45, 2.75) is 27.2 Å². The summed E-state index contributed by atoms with van der Waals surface area (Å²) in [7, 11) is 0. The smallest absolute Gasteiger partial charge is 0.0931 e. The van der Waals surface area contributed by atoms with E-state index in [0.717, 1.165) is 6.42 Å². The zero-order valence-corrected chi connectivity index (χ0v) is 6.24. The minimum Gasteiger partial charge on any atom is -0.212 e. The zero-order valence-electron chi connectivity index (χ0n) is 6.24. The summed E-state index contributed by atoms with van der Waals surface area (Å²) in [6.45, 7) is 5.84. The van der Waals surface area contributed by atoms with Crippen LogP contribution in [0.25, 0.3) is 0 Å². The highest BCUT2D eigenvalue weighted by Crippen LogP contribution is 2.52. The van der Waals surface area contributed by atoms with Crippen LogP contribution in [0.3, 0.4) is 0 Å². The summed E-state index contributed by atoms with van der Waals surface area (Å²) in [6, 6.07) is 0. The first-order valence-corrected chi connectivity index (χ1v) is 3.36. The molecule has 1 fully saturated rings. The number of hydrogen-bond donors (Lipinski definition) is 0. The first-order valence-electron chi connectivity index (χ1n) is 3.36. The lowest BCUT2D eigenvalue weighted by Crippen LogP contribution is -1.85. The molecule has 1 unspecified atom stereocenters. The molecule has 9 heavy (non-hydrogen) atoms. The lowest BCUT2D eigenvalue weighted by molar-refractivity contribution is 0.585. The Labute approximate surface area is 55.8 Å². The Bertz CT molecular complexity index is 141. The van der Waals surface area contributed by atoms with Crippen LogP contribution in [0.2, 0.25) is 0 Å². The Kier molecular flexibility index (Phi) is 1.38. The van der Waals surface area contributed by atoms with Gasteiger partial charge < -0.3 is 0 Å². The first-order chi connectivity index (χ1) is 4.02. The predicted octanol–water partition coefficient (Wildman–Crippen LogP) is 2.91. The van der Waals surface area contributed by atoms with Gasteiger partial charge in [-0.1, -0.05) is 13.8 Å². The predicted molar refractivity (Wildman–Crippen MR) is 36.8 cm³/mol. The van der Waals surface area contributed by atoms with Gasteiger partial charge in [-0.15, -0.1) is 0 Å². The minimum atomic E-state index is -0.0365. The summed E-state index contributed by atoms with van der Waals surface area (Å²) < 4.78 is 12.2. The molecular formula is C8H13F. The maximum atomic E-state index is 12.2. The lowest BCUT2D eigenvalue weighted by atomic mass is 10.1. The molecule has 0 amide bonds. The summed E-state index contributed by atoms with van der Waals surface area (Å²) in [6.07, 6.45) is 2.87. The molecule has 1 atom stereocenters. The molecule has 0 N–H and O–H groups in total. The van der Waals surface area contributed by atoms with Crippen molar-refractivity contribution in [2.24, 2.45) is 11.3 Å². The average Bonchev–Trinajstić information content (AvgIpc) is 2.10. The van der Waals surface area contributed by atoms with E-state index in [9.17, 15) is 4.39 Å². The summed E-state index contributed by atoms with van der Waals surface area (Å²) in [4.78, 5) is 0. The Hall–Kier alpha value is -0.330. The average molecular weight is 128 g/mol. The van der Waals surface area contributed by atoms with Crippen molar-refractivity contribution in [3.8, 4) is 0 Å². The molecule has 0 aromatic carbocycles. The van der Waals surface area contributed by atoms with Gasteiger partial charge in [0.25, 0.3) is 0 Å². The van der Waals surface area contributed by atoms with Gasteiger partial charge in [-0.05, 0) is 30.8 Å². The summed E-state index contributed by atoms with van der Waals surface area (Å²) in [5.41, 5.74) is 0.382. The molecule has 1 aliphatic rings. The second-order valence-corrected chi connectivity index (χ2v) is 3.55. The molecule has 1 rings (SSSR count). The standard InChI is InChI=1S/C8H13F/c1-6(9)4-7-5-8(7,2)3/h4,7H,5H2,1-3H3. The first kappa shape index (κ1) is 6.79. The van der Waals surface area contributed by atoms with Crippen LogP contribution in [0, 0.1) is 11.3 Å². The van der Waals surface area contributed by atoms with Crippen molar-refractivity contribution in [2.75, 3.05) is 0 Å². The van der Waals surface area contributed by atoms with Crippen molar-refractivity contribution < 1.29 is 4.39 Å². The van der Waals surface area contributed by atoms with E-state index in [1.807, 2.05) is 0 Å². The Balaban J connectivity index is 2.45. The molecule has 0 saturated heterocycles. The van der Waals surface area contributed by atoms with E-state index in [1.54, 1.807) is 6.08 Å². The van der Waals surface area contributed by atoms with Crippen LogP contribution in [-0.2, 0) is 0 Å². The van der Waals surface area contributed by atoms with Gasteiger partial charge in [-0.3, -0.25) is 0 Å². The Morgan fingerprint density at radius 3 is 2.22 bits per heavy atom. The quantitative estimate of drug-likeness (QED) is 0.509. The maximum Gasteiger partial charge on any atom is 0.0931 e. The van der Waals surface area contributed by atoms with Crippen molar-refractivity contribution in [1.82, 2.24) is 0 Å². The Morgan fingerprint density at radius 2 is 2.11 bits per heavy atom. The van der Waals surface area contributed by atoms with Crippen LogP contribution in [0.4, 0.5) is 4.39 Å². The highest BCUT2D eigenvalue weighted by molar-refractivity contribution is 5.09. The van der Waals surface area contributed by atoms with Crippen molar-refractivity contribution in [1.29, 1.82) is 0 Å². The Morgan fingerprint density at radius 1 is 1.67 bits per heavy atom. The molecule has 0 spiro atoms. The van der Waals surface area contributed by atoms with E-state index in [1.165, 1.54) is 6.92 Å². The molecule has 1 saturated carbocycles. The summed E-state index contributed by atoms with van der Waals surface area (Å²) in [5, 5.41) is 0. The molecule has 0 aliphatic heterocycles. The topological polar surface area (TPSA) is 0 Å². The SMILES string of the molecule is CC(F)=CC1CC1(C)C. The van der Waals surface area contributed by atoms with Crippen LogP contribution >= 0.6 is 0 Å². The number of rotatable bonds is 1. The van der Waals surface area contributed by atoms with Gasteiger partial charge >= 0.3 is 0 Å². The molecule has 0 nitrogen and oxygen atoms in total. The fourth-order valence-corrected chi connectivity index (χ4v) is 1.07. The van der Waals surface area contributed by atoms with Crippen LogP contribution < -0.4 is 0 Å². The largest absolute Gasteiger partial charge is 0.212 e. The second-order valence-electron chi connectivity index (χ2n) is 3.55. The molecule has 0 heterocycles. The normalized spacial score (nSPS) is 32.4. The van der Waals surface area contributed by atoms with Crippen LogP contribution in [-0.4, -0.2) is 0 Å². The molecule has 52 valence electrons. The third-order valence-electron chi connectivity index (χ3n) is 2.02. The molecule has 1 heteroatoms. The van der Waals surface area contributed by atoms with Crippen LogP contribution in [0.15, 0.2) is 11.9 Å². The van der Waals surface area contributed by atoms with Gasteiger partial charge in [-0.25, -0.2) is 4.39 Å². The van der Waals surface area contributed by atoms with Gasteiger partial charge in [0.1, 0.15) is 0 Å². The minimum absolute atomic E-state index is 0.0365. The van der Waals surface area contributed by atoms with E-state index >= 15 is 0 Å². The number of allylic oxidation sites excluding steroid dienone is 2. The van der Waals surface area contributed by atoms with E-state index < -0.39 is 0 Å². The number of hydrogen-bond acceptors (Lipinski definition) is 0. The monoisotopic (exact) mass is 128 g/mol. The molecule has 0 radical (unpaired) electrons. The maximum absolute atomic E-state index is 12.2.